The number of hydrogen-bond acceptors (Lipinski definition) is 4. The van der Waals surface area contributed by atoms with E-state index in [4.69, 9.17) is 0 Å². The molecule has 0 aliphatic rings. The van der Waals surface area contributed by atoms with E-state index in [0.29, 0.717) is 25.5 Å². The molecular weight excluding hydrogens is 298 g/mol. The molecule has 1 unspecified atom stereocenters. The van der Waals surface area contributed by atoms with Crippen LogP contribution in [-0.4, -0.2) is 36.5 Å². The minimum Gasteiger partial charge on any atom is -0.356 e. The van der Waals surface area contributed by atoms with Crippen LogP contribution in [0.15, 0.2) is 11.2 Å². The van der Waals surface area contributed by atoms with Gasteiger partial charge in [-0.05, 0) is 19.8 Å². The summed E-state index contributed by atoms with van der Waals surface area (Å²) in [6, 6.07) is 0.225. The third-order valence-corrected chi connectivity index (χ3v) is 4.39. The molecule has 0 aliphatic heterocycles. The number of carbonyl (C=O) groups is 1. The minimum atomic E-state index is 0.0600. The van der Waals surface area contributed by atoms with Crippen molar-refractivity contribution in [1.82, 2.24) is 20.9 Å². The van der Waals surface area contributed by atoms with Gasteiger partial charge in [0, 0.05) is 37.1 Å². The number of thiazole rings is 1. The molecule has 0 fully saturated rings. The predicted molar refractivity (Wildman–Crippen MR) is 92.2 cm³/mol. The van der Waals surface area contributed by atoms with Gasteiger partial charge in [0.1, 0.15) is 5.01 Å². The average molecular weight is 325 g/mol. The van der Waals surface area contributed by atoms with Crippen molar-refractivity contribution in [3.63, 3.8) is 0 Å². The number of amides is 1. The van der Waals surface area contributed by atoms with Gasteiger partial charge in [-0.2, -0.15) is 0 Å². The van der Waals surface area contributed by atoms with Gasteiger partial charge in [0.05, 0.1) is 6.54 Å². The molecule has 1 atom stereocenters. The van der Waals surface area contributed by atoms with Crippen LogP contribution in [0.25, 0.3) is 0 Å². The Morgan fingerprint density at radius 1 is 1.41 bits per heavy atom. The lowest BCUT2D eigenvalue weighted by molar-refractivity contribution is -0.121. The van der Waals surface area contributed by atoms with Crippen molar-refractivity contribution in [2.24, 2.45) is 4.99 Å². The first kappa shape index (κ1) is 18.4. The largest absolute Gasteiger partial charge is 0.356 e. The number of aliphatic imine (C=N–C) groups is 1. The summed E-state index contributed by atoms with van der Waals surface area (Å²) >= 11 is 1.70. The highest BCUT2D eigenvalue weighted by molar-refractivity contribution is 7.11. The zero-order valence-corrected chi connectivity index (χ0v) is 14.7. The standard InChI is InChI=1S/C15H27N5OS/c1-5-11(3)20-13(21)7-8-17-15(16-4)19-10-14-18-9-12(6-2)22-14/h9,11H,5-8,10H2,1-4H3,(H,20,21)(H2,16,17,19). The van der Waals surface area contributed by atoms with Crippen LogP contribution < -0.4 is 16.0 Å². The molecule has 1 heterocycles. The molecule has 0 spiro atoms. The number of nitrogens with one attached hydrogen (secondary N) is 3. The molecule has 0 bridgehead atoms. The van der Waals surface area contributed by atoms with Crippen molar-refractivity contribution in [1.29, 1.82) is 0 Å². The van der Waals surface area contributed by atoms with Gasteiger partial charge < -0.3 is 16.0 Å². The zero-order valence-electron chi connectivity index (χ0n) is 13.9. The summed E-state index contributed by atoms with van der Waals surface area (Å²) in [5.41, 5.74) is 0. The molecular formula is C15H27N5OS. The van der Waals surface area contributed by atoms with Crippen molar-refractivity contribution in [3.8, 4) is 0 Å². The fraction of sp³-hybridized carbons (Fsp3) is 0.667. The summed E-state index contributed by atoms with van der Waals surface area (Å²) in [6.07, 6.45) is 4.30. The van der Waals surface area contributed by atoms with Crippen molar-refractivity contribution in [3.05, 3.63) is 16.1 Å². The maximum atomic E-state index is 11.7. The third-order valence-electron chi connectivity index (χ3n) is 3.24. The van der Waals surface area contributed by atoms with E-state index in [2.05, 4.69) is 39.8 Å². The summed E-state index contributed by atoms with van der Waals surface area (Å²) in [6.45, 7) is 7.38. The molecule has 22 heavy (non-hydrogen) atoms. The van der Waals surface area contributed by atoms with E-state index < -0.39 is 0 Å². The highest BCUT2D eigenvalue weighted by Gasteiger charge is 2.06. The van der Waals surface area contributed by atoms with Gasteiger partial charge in [0.2, 0.25) is 5.91 Å². The molecule has 1 aromatic heterocycles. The van der Waals surface area contributed by atoms with Crippen molar-refractivity contribution in [2.45, 2.75) is 52.6 Å². The molecule has 0 aromatic carbocycles. The minimum absolute atomic E-state index is 0.0600. The van der Waals surface area contributed by atoms with Crippen LogP contribution in [0.2, 0.25) is 0 Å². The van der Waals surface area contributed by atoms with Gasteiger partial charge in [-0.25, -0.2) is 4.98 Å². The van der Waals surface area contributed by atoms with Gasteiger partial charge in [0.25, 0.3) is 0 Å². The summed E-state index contributed by atoms with van der Waals surface area (Å²) in [7, 11) is 1.72. The van der Waals surface area contributed by atoms with Crippen LogP contribution in [0.1, 0.15) is 43.5 Å². The Balaban J connectivity index is 2.26. The second-order valence-electron chi connectivity index (χ2n) is 5.05. The number of rotatable bonds is 8. The monoisotopic (exact) mass is 325 g/mol. The molecule has 0 saturated carbocycles. The Morgan fingerprint density at radius 2 is 2.18 bits per heavy atom. The molecule has 0 aliphatic carbocycles. The third kappa shape index (κ3) is 6.89. The first-order chi connectivity index (χ1) is 10.6. The Hall–Kier alpha value is -1.63. The van der Waals surface area contributed by atoms with Crippen LogP contribution in [0.3, 0.4) is 0 Å². The van der Waals surface area contributed by atoms with Gasteiger partial charge in [0.15, 0.2) is 5.96 Å². The Kier molecular flexibility index (Phi) is 8.50. The molecule has 1 aromatic rings. The summed E-state index contributed by atoms with van der Waals surface area (Å²) in [4.78, 5) is 21.5. The topological polar surface area (TPSA) is 78.4 Å². The van der Waals surface area contributed by atoms with Crippen LogP contribution in [0, 0.1) is 0 Å². The second-order valence-corrected chi connectivity index (χ2v) is 6.25. The van der Waals surface area contributed by atoms with Crippen LogP contribution in [0.4, 0.5) is 0 Å². The summed E-state index contributed by atoms with van der Waals surface area (Å²) < 4.78 is 0. The Bertz CT molecular complexity index is 486. The maximum absolute atomic E-state index is 11.7. The highest BCUT2D eigenvalue weighted by Crippen LogP contribution is 2.12. The molecule has 1 rings (SSSR count). The van der Waals surface area contributed by atoms with Gasteiger partial charge in [-0.3, -0.25) is 9.79 Å². The molecule has 7 heteroatoms. The van der Waals surface area contributed by atoms with Gasteiger partial charge in [-0.15, -0.1) is 11.3 Å². The van der Waals surface area contributed by atoms with E-state index in [1.165, 1.54) is 4.88 Å². The number of aryl methyl sites for hydroxylation is 1. The van der Waals surface area contributed by atoms with Gasteiger partial charge in [-0.1, -0.05) is 13.8 Å². The van der Waals surface area contributed by atoms with E-state index in [1.807, 2.05) is 13.1 Å². The quantitative estimate of drug-likeness (QED) is 0.502. The molecule has 0 saturated heterocycles. The smallest absolute Gasteiger partial charge is 0.221 e. The maximum Gasteiger partial charge on any atom is 0.221 e. The molecule has 0 radical (unpaired) electrons. The zero-order chi connectivity index (χ0) is 16.4. The van der Waals surface area contributed by atoms with E-state index in [0.717, 1.165) is 17.8 Å². The SMILES string of the molecule is CCc1cnc(CNC(=NC)NCCC(=O)NC(C)CC)s1. The van der Waals surface area contributed by atoms with E-state index in [9.17, 15) is 4.79 Å². The van der Waals surface area contributed by atoms with Crippen LogP contribution in [-0.2, 0) is 17.8 Å². The normalized spacial score (nSPS) is 12.8. The fourth-order valence-corrected chi connectivity index (χ4v) is 2.52. The lowest BCUT2D eigenvalue weighted by atomic mass is 10.2. The number of aromatic nitrogens is 1. The number of hydrogen-bond donors (Lipinski definition) is 3. The lowest BCUT2D eigenvalue weighted by Crippen LogP contribution is -2.40. The predicted octanol–water partition coefficient (Wildman–Crippen LogP) is 1.68. The van der Waals surface area contributed by atoms with E-state index in [-0.39, 0.29) is 11.9 Å². The van der Waals surface area contributed by atoms with E-state index >= 15 is 0 Å². The van der Waals surface area contributed by atoms with Gasteiger partial charge >= 0.3 is 0 Å². The first-order valence-electron chi connectivity index (χ1n) is 7.76. The number of carbonyl (C=O) groups excluding carboxylic acids is 1. The highest BCUT2D eigenvalue weighted by atomic mass is 32.1. The van der Waals surface area contributed by atoms with Crippen LogP contribution >= 0.6 is 11.3 Å². The lowest BCUT2D eigenvalue weighted by Gasteiger charge is -2.13. The summed E-state index contributed by atoms with van der Waals surface area (Å²) in [5, 5.41) is 10.3. The average Bonchev–Trinajstić information content (AvgIpc) is 2.98. The Labute approximate surface area is 136 Å². The summed E-state index contributed by atoms with van der Waals surface area (Å²) in [5.74, 6) is 0.745. The van der Waals surface area contributed by atoms with Crippen molar-refractivity contribution in [2.75, 3.05) is 13.6 Å². The first-order valence-corrected chi connectivity index (χ1v) is 8.58. The van der Waals surface area contributed by atoms with Crippen molar-refractivity contribution >= 4 is 23.2 Å². The molecule has 1 amide bonds. The fourth-order valence-electron chi connectivity index (χ4n) is 1.72. The second kappa shape index (κ2) is 10.2. The van der Waals surface area contributed by atoms with Crippen LogP contribution in [0.5, 0.6) is 0 Å². The molecule has 124 valence electrons. The molecule has 6 nitrogen and oxygen atoms in total. The number of nitrogens with zero attached hydrogens (tertiary/aromatic N) is 2. The Morgan fingerprint density at radius 3 is 2.77 bits per heavy atom. The molecule has 3 N–H and O–H groups in total. The van der Waals surface area contributed by atoms with Crippen molar-refractivity contribution < 1.29 is 4.79 Å². The number of guanidine groups is 1. The van der Waals surface area contributed by atoms with E-state index in [1.54, 1.807) is 18.4 Å².